The molecule has 6 aliphatic rings. The van der Waals surface area contributed by atoms with Crippen molar-refractivity contribution in [3.63, 3.8) is 0 Å². The molecule has 31 heavy (non-hydrogen) atoms. The summed E-state index contributed by atoms with van der Waals surface area (Å²) in [6, 6.07) is 0.355. The molecule has 2 aliphatic heterocycles. The predicted octanol–water partition coefficient (Wildman–Crippen LogP) is 3.68. The maximum absolute atomic E-state index is 11.8. The molecular formula is C27H45NO3. The van der Waals surface area contributed by atoms with Gasteiger partial charge in [-0.2, -0.15) is 0 Å². The van der Waals surface area contributed by atoms with Crippen molar-refractivity contribution < 1.29 is 15.3 Å². The van der Waals surface area contributed by atoms with Crippen LogP contribution < -0.4 is 0 Å². The van der Waals surface area contributed by atoms with Crippen LogP contribution in [0.4, 0.5) is 0 Å². The van der Waals surface area contributed by atoms with E-state index in [9.17, 15) is 15.3 Å². The smallest absolute Gasteiger partial charge is 0.0805 e. The summed E-state index contributed by atoms with van der Waals surface area (Å²) in [6.45, 7) is 9.36. The molecule has 0 aromatic rings. The lowest BCUT2D eigenvalue weighted by molar-refractivity contribution is -0.176. The lowest BCUT2D eigenvalue weighted by Crippen LogP contribution is -2.67. The Balaban J connectivity index is 1.30. The van der Waals surface area contributed by atoms with Gasteiger partial charge in [0.25, 0.3) is 0 Å². The van der Waals surface area contributed by atoms with Crippen LogP contribution in [0, 0.1) is 52.8 Å². The van der Waals surface area contributed by atoms with Gasteiger partial charge < -0.3 is 15.3 Å². The average Bonchev–Trinajstić information content (AvgIpc) is 3.09. The van der Waals surface area contributed by atoms with Gasteiger partial charge in [0, 0.05) is 19.1 Å². The molecule has 0 unspecified atom stereocenters. The molecule has 0 amide bonds. The summed E-state index contributed by atoms with van der Waals surface area (Å²) in [5, 5.41) is 33.3. The van der Waals surface area contributed by atoms with Crippen LogP contribution in [0.15, 0.2) is 0 Å². The summed E-state index contributed by atoms with van der Waals surface area (Å²) < 4.78 is 0. The minimum absolute atomic E-state index is 0.188. The van der Waals surface area contributed by atoms with Gasteiger partial charge in [0.2, 0.25) is 0 Å². The molecule has 0 bridgehead atoms. The van der Waals surface area contributed by atoms with Gasteiger partial charge in [-0.05, 0) is 117 Å². The number of aliphatic hydroxyl groups excluding tert-OH is 2. The van der Waals surface area contributed by atoms with E-state index in [1.54, 1.807) is 0 Å². The molecule has 6 rings (SSSR count). The van der Waals surface area contributed by atoms with E-state index in [0.29, 0.717) is 35.6 Å². The zero-order chi connectivity index (χ0) is 21.7. The fraction of sp³-hybridized carbons (Fsp3) is 1.00. The third-order valence-corrected chi connectivity index (χ3v) is 12.0. The second-order valence-electron chi connectivity index (χ2n) is 13.4. The Morgan fingerprint density at radius 2 is 1.55 bits per heavy atom. The van der Waals surface area contributed by atoms with Crippen molar-refractivity contribution >= 4 is 0 Å². The lowest BCUT2D eigenvalue weighted by atomic mass is 9.51. The molecule has 4 aliphatic carbocycles. The quantitative estimate of drug-likeness (QED) is 0.547. The van der Waals surface area contributed by atoms with E-state index in [1.165, 1.54) is 32.2 Å². The molecule has 3 N–H and O–H groups in total. The van der Waals surface area contributed by atoms with Crippen molar-refractivity contribution in [2.24, 2.45) is 52.8 Å². The molecule has 0 aromatic heterocycles. The molecule has 0 radical (unpaired) electrons. The van der Waals surface area contributed by atoms with Crippen LogP contribution in [-0.2, 0) is 0 Å². The van der Waals surface area contributed by atoms with Crippen molar-refractivity contribution in [2.75, 3.05) is 13.1 Å². The number of hydrogen-bond acceptors (Lipinski definition) is 4. The lowest BCUT2D eigenvalue weighted by Gasteiger charge is -2.60. The van der Waals surface area contributed by atoms with E-state index in [0.717, 1.165) is 50.5 Å². The molecule has 13 atom stereocenters. The highest BCUT2D eigenvalue weighted by molar-refractivity contribution is 5.14. The minimum atomic E-state index is -0.553. The SMILES string of the molecule is C[C@H]1CC[C@@H]2N(C1)C[C@H]1[C@@H]3C[C@H]4[C@@H](C[C@@H](O)[C@H]5C[C@@H](O)CC[C@@]54C)[C@@H]3CC[C@@H]1[C@]2(C)O. The third kappa shape index (κ3) is 3.00. The first kappa shape index (κ1) is 21.4. The van der Waals surface area contributed by atoms with Crippen molar-refractivity contribution in [3.05, 3.63) is 0 Å². The van der Waals surface area contributed by atoms with Gasteiger partial charge in [-0.15, -0.1) is 0 Å². The minimum Gasteiger partial charge on any atom is -0.393 e. The number of piperidine rings is 2. The van der Waals surface area contributed by atoms with Gasteiger partial charge in [0.1, 0.15) is 0 Å². The molecular weight excluding hydrogens is 386 g/mol. The van der Waals surface area contributed by atoms with Crippen molar-refractivity contribution in [1.82, 2.24) is 4.90 Å². The Morgan fingerprint density at radius 3 is 2.35 bits per heavy atom. The molecule has 0 aromatic carbocycles. The van der Waals surface area contributed by atoms with Crippen molar-refractivity contribution in [1.29, 1.82) is 0 Å². The van der Waals surface area contributed by atoms with Crippen LogP contribution in [0.3, 0.4) is 0 Å². The maximum Gasteiger partial charge on any atom is 0.0805 e. The highest BCUT2D eigenvalue weighted by Gasteiger charge is 2.64. The highest BCUT2D eigenvalue weighted by Crippen LogP contribution is 2.67. The first-order valence-electron chi connectivity index (χ1n) is 13.5. The van der Waals surface area contributed by atoms with E-state index in [1.807, 2.05) is 0 Å². The Bertz CT molecular complexity index is 711. The van der Waals surface area contributed by atoms with E-state index in [4.69, 9.17) is 0 Å². The third-order valence-electron chi connectivity index (χ3n) is 12.0. The van der Waals surface area contributed by atoms with Crippen LogP contribution >= 0.6 is 0 Å². The molecule has 6 fully saturated rings. The number of nitrogens with zero attached hydrogens (tertiary/aromatic N) is 1. The topological polar surface area (TPSA) is 63.9 Å². The first-order valence-corrected chi connectivity index (χ1v) is 13.5. The zero-order valence-corrected chi connectivity index (χ0v) is 19.9. The van der Waals surface area contributed by atoms with Crippen LogP contribution in [0.25, 0.3) is 0 Å². The monoisotopic (exact) mass is 431 g/mol. The second kappa shape index (κ2) is 7.17. The van der Waals surface area contributed by atoms with Crippen LogP contribution in [0.5, 0.6) is 0 Å². The Hall–Kier alpha value is -0.160. The van der Waals surface area contributed by atoms with Gasteiger partial charge in [-0.3, -0.25) is 4.90 Å². The largest absolute Gasteiger partial charge is 0.393 e. The molecule has 2 saturated heterocycles. The van der Waals surface area contributed by atoms with Gasteiger partial charge in [-0.25, -0.2) is 0 Å². The van der Waals surface area contributed by atoms with Crippen LogP contribution in [-0.4, -0.2) is 57.2 Å². The second-order valence-corrected chi connectivity index (χ2v) is 13.4. The highest BCUT2D eigenvalue weighted by atomic mass is 16.3. The predicted molar refractivity (Wildman–Crippen MR) is 121 cm³/mol. The summed E-state index contributed by atoms with van der Waals surface area (Å²) in [7, 11) is 0. The number of aliphatic hydroxyl groups is 3. The van der Waals surface area contributed by atoms with E-state index >= 15 is 0 Å². The van der Waals surface area contributed by atoms with E-state index < -0.39 is 5.60 Å². The van der Waals surface area contributed by atoms with E-state index in [2.05, 4.69) is 25.7 Å². The molecule has 176 valence electrons. The fourth-order valence-corrected chi connectivity index (χ4v) is 10.6. The summed E-state index contributed by atoms with van der Waals surface area (Å²) in [4.78, 5) is 2.68. The van der Waals surface area contributed by atoms with Gasteiger partial charge in [0.05, 0.1) is 17.8 Å². The van der Waals surface area contributed by atoms with Crippen LogP contribution in [0.1, 0.15) is 78.6 Å². The van der Waals surface area contributed by atoms with Gasteiger partial charge >= 0.3 is 0 Å². The van der Waals surface area contributed by atoms with Crippen LogP contribution in [0.2, 0.25) is 0 Å². The Labute approximate surface area is 188 Å². The average molecular weight is 432 g/mol. The summed E-state index contributed by atoms with van der Waals surface area (Å²) in [5.41, 5.74) is -0.365. The summed E-state index contributed by atoms with van der Waals surface area (Å²) in [6.07, 6.45) is 9.43. The van der Waals surface area contributed by atoms with Crippen molar-refractivity contribution in [2.45, 2.75) is 102 Å². The molecule has 0 spiro atoms. The van der Waals surface area contributed by atoms with Gasteiger partial charge in [-0.1, -0.05) is 13.8 Å². The molecule has 4 saturated carbocycles. The normalized spacial score (nSPS) is 61.5. The number of hydrogen-bond donors (Lipinski definition) is 3. The first-order chi connectivity index (χ1) is 14.7. The maximum atomic E-state index is 11.8. The molecule has 4 nitrogen and oxygen atoms in total. The summed E-state index contributed by atoms with van der Waals surface area (Å²) in [5.74, 6) is 4.89. The molecule has 4 heteroatoms. The fourth-order valence-electron chi connectivity index (χ4n) is 10.6. The summed E-state index contributed by atoms with van der Waals surface area (Å²) >= 11 is 0. The van der Waals surface area contributed by atoms with Crippen molar-refractivity contribution in [3.8, 4) is 0 Å². The number of rotatable bonds is 0. The standard InChI is InChI=1S/C27H45NO3/c1-15-4-7-25-27(3,31)21-6-5-17-18(20(21)14-28(25)13-15)11-22-19(17)12-24(30)23-10-16(29)8-9-26(22,23)2/h15-25,29-31H,4-14H2,1-3H3/t15-,16-,17+,18+,19-,20-,21-,22-,23+,24+,25-,26+,27-/m0/s1. The van der Waals surface area contributed by atoms with E-state index in [-0.39, 0.29) is 23.5 Å². The Kier molecular flexibility index (Phi) is 4.94. The number of fused-ring (bicyclic) bond motifs is 8. The molecule has 2 heterocycles. The Morgan fingerprint density at radius 1 is 0.742 bits per heavy atom. The van der Waals surface area contributed by atoms with Gasteiger partial charge in [0.15, 0.2) is 0 Å². The zero-order valence-electron chi connectivity index (χ0n) is 19.9.